The fourth-order valence-corrected chi connectivity index (χ4v) is 5.83. The normalized spacial score (nSPS) is 11.3. The molecule has 3 N–H and O–H groups in total. The summed E-state index contributed by atoms with van der Waals surface area (Å²) in [4.78, 5) is 77.9. The van der Waals surface area contributed by atoms with E-state index in [0.717, 1.165) is 16.7 Å². The summed E-state index contributed by atoms with van der Waals surface area (Å²) >= 11 is 0. The van der Waals surface area contributed by atoms with E-state index in [0.29, 0.717) is 16.7 Å². The second-order valence-corrected chi connectivity index (χ2v) is 13.3. The van der Waals surface area contributed by atoms with Crippen LogP contribution in [0.1, 0.15) is 93.1 Å². The van der Waals surface area contributed by atoms with Gasteiger partial charge >= 0.3 is 11.9 Å². The quantitative estimate of drug-likeness (QED) is 0.157. The lowest BCUT2D eigenvalue weighted by molar-refractivity contribution is 0.0585. The second kappa shape index (κ2) is 18.7. The third-order valence-corrected chi connectivity index (χ3v) is 9.13. The van der Waals surface area contributed by atoms with Gasteiger partial charge in [-0.3, -0.25) is 14.4 Å². The molecule has 18 nitrogen and oxygen atoms in total. The van der Waals surface area contributed by atoms with Crippen LogP contribution in [0.15, 0.2) is 85.5 Å². The summed E-state index contributed by atoms with van der Waals surface area (Å²) < 4.78 is 38.6. The molecule has 61 heavy (non-hydrogen) atoms. The van der Waals surface area contributed by atoms with Crippen LogP contribution in [0, 0.1) is 25.5 Å². The van der Waals surface area contributed by atoms with Gasteiger partial charge in [0.15, 0.2) is 5.69 Å². The molecule has 3 aromatic carbocycles. The van der Waals surface area contributed by atoms with E-state index in [4.69, 9.17) is 4.74 Å². The van der Waals surface area contributed by atoms with Crippen molar-refractivity contribution in [3.8, 4) is 0 Å². The molecule has 7 rings (SSSR count). The fourth-order valence-electron chi connectivity index (χ4n) is 5.83. The number of halogens is 2. The molecule has 312 valence electrons. The third kappa shape index (κ3) is 9.99. The van der Waals surface area contributed by atoms with Crippen molar-refractivity contribution in [1.82, 2.24) is 55.1 Å². The Labute approximate surface area is 345 Å². The van der Waals surface area contributed by atoms with Crippen molar-refractivity contribution in [1.29, 1.82) is 0 Å². The summed E-state index contributed by atoms with van der Waals surface area (Å²) in [5.74, 6) is -3.09. The zero-order valence-corrected chi connectivity index (χ0v) is 33.3. The standard InChI is InChI=1S/C25H23FN6O4.C16H14FN5O3/c1-14-10-16(4-9-19(14)26)12-27-22(33)20-11-21(32-25(31-20)28-13-29-32)23(34)30-15(2)17-5-7-18(8-6-17)24(35)36-3;1-9-5-10(3-4-11(9)17)7-18-14(23)12-6-13(15(24)25-2)22-16(21-12)19-8-20-22/h4-11,13,15H,12H2,1-3H3,(H,27,33)(H,30,34);3-6,8H,7H2,1-2H3,(H,18,23)/t15-;/m0./s1. The molecule has 0 aliphatic heterocycles. The summed E-state index contributed by atoms with van der Waals surface area (Å²) in [6, 6.07) is 17.9. The fraction of sp³-hybridized carbons (Fsp3) is 0.195. The van der Waals surface area contributed by atoms with Crippen LogP contribution >= 0.6 is 0 Å². The highest BCUT2D eigenvalue weighted by Crippen LogP contribution is 2.17. The largest absolute Gasteiger partial charge is 0.465 e. The number of hydrogen-bond acceptors (Lipinski definition) is 13. The summed E-state index contributed by atoms with van der Waals surface area (Å²) in [6.45, 7) is 5.40. The first-order valence-corrected chi connectivity index (χ1v) is 18.3. The molecule has 0 fully saturated rings. The first-order chi connectivity index (χ1) is 29.3. The molecular weight excluding hydrogens is 797 g/mol. The molecule has 0 aliphatic carbocycles. The molecule has 0 unspecified atom stereocenters. The van der Waals surface area contributed by atoms with E-state index < -0.39 is 35.7 Å². The van der Waals surface area contributed by atoms with Crippen LogP contribution in [0.5, 0.6) is 0 Å². The lowest BCUT2D eigenvalue weighted by Gasteiger charge is -2.15. The van der Waals surface area contributed by atoms with Gasteiger partial charge in [-0.15, -0.1) is 0 Å². The Morgan fingerprint density at radius 1 is 0.639 bits per heavy atom. The van der Waals surface area contributed by atoms with Crippen molar-refractivity contribution >= 4 is 41.2 Å². The topological polar surface area (TPSA) is 226 Å². The SMILES string of the molecule is COC(=O)c1cc(C(=O)NCc2ccc(F)c(C)c2)nc2ncnn12.COC(=O)c1ccc([C@H](C)NC(=O)c2cc(C(=O)NCc3ccc(F)c(C)c3)nc3ncnn23)cc1. The highest BCUT2D eigenvalue weighted by Gasteiger charge is 2.21. The number of esters is 2. The molecule has 0 saturated heterocycles. The number of aryl methyl sites for hydroxylation is 2. The lowest BCUT2D eigenvalue weighted by Crippen LogP contribution is -2.30. The van der Waals surface area contributed by atoms with Gasteiger partial charge in [-0.05, 0) is 72.9 Å². The maximum atomic E-state index is 13.5. The number of nitrogens with one attached hydrogen (secondary N) is 3. The van der Waals surface area contributed by atoms with E-state index >= 15 is 0 Å². The maximum absolute atomic E-state index is 13.5. The van der Waals surface area contributed by atoms with Crippen molar-refractivity contribution < 1.29 is 42.2 Å². The Kier molecular flexibility index (Phi) is 13.1. The van der Waals surface area contributed by atoms with E-state index in [1.165, 1.54) is 60.2 Å². The lowest BCUT2D eigenvalue weighted by atomic mass is 10.1. The van der Waals surface area contributed by atoms with Crippen LogP contribution in [0.2, 0.25) is 0 Å². The van der Waals surface area contributed by atoms with Crippen LogP contribution in [0.25, 0.3) is 11.6 Å². The van der Waals surface area contributed by atoms with E-state index in [1.54, 1.807) is 69.3 Å². The Balaban J connectivity index is 0.000000218. The zero-order chi connectivity index (χ0) is 43.8. The number of aromatic nitrogens is 8. The Hall–Kier alpha value is -8.03. The molecule has 1 atom stereocenters. The van der Waals surface area contributed by atoms with Gasteiger partial charge in [0.1, 0.15) is 41.4 Å². The van der Waals surface area contributed by atoms with Gasteiger partial charge in [0, 0.05) is 25.2 Å². The molecular formula is C41H37F2N11O7. The van der Waals surface area contributed by atoms with E-state index in [1.807, 2.05) is 0 Å². The minimum Gasteiger partial charge on any atom is -0.465 e. The van der Waals surface area contributed by atoms with Crippen LogP contribution in [-0.4, -0.2) is 83.0 Å². The number of ether oxygens (including phenoxy) is 2. The highest BCUT2D eigenvalue weighted by molar-refractivity contribution is 5.98. The molecule has 0 saturated carbocycles. The number of nitrogens with zero attached hydrogens (tertiary/aromatic N) is 8. The zero-order valence-electron chi connectivity index (χ0n) is 33.3. The molecule has 3 amide bonds. The summed E-state index contributed by atoms with van der Waals surface area (Å²) in [5.41, 5.74) is 3.65. The highest BCUT2D eigenvalue weighted by atomic mass is 19.1. The number of benzene rings is 3. The smallest absolute Gasteiger partial charge is 0.356 e. The van der Waals surface area contributed by atoms with Crippen molar-refractivity contribution in [2.75, 3.05) is 14.2 Å². The van der Waals surface area contributed by atoms with Crippen LogP contribution < -0.4 is 16.0 Å². The third-order valence-electron chi connectivity index (χ3n) is 9.13. The average Bonchev–Trinajstić information content (AvgIpc) is 3.96. The van der Waals surface area contributed by atoms with Gasteiger partial charge in [-0.2, -0.15) is 29.2 Å². The van der Waals surface area contributed by atoms with Crippen LogP contribution in [0.4, 0.5) is 8.78 Å². The monoisotopic (exact) mass is 833 g/mol. The maximum Gasteiger partial charge on any atom is 0.356 e. The summed E-state index contributed by atoms with van der Waals surface area (Å²) in [6.07, 6.45) is 2.45. The van der Waals surface area contributed by atoms with Crippen molar-refractivity contribution in [2.45, 2.75) is 39.9 Å². The molecule has 0 bridgehead atoms. The van der Waals surface area contributed by atoms with Gasteiger partial charge in [0.25, 0.3) is 29.3 Å². The summed E-state index contributed by atoms with van der Waals surface area (Å²) in [7, 11) is 2.53. The molecule has 0 radical (unpaired) electrons. The van der Waals surface area contributed by atoms with Gasteiger partial charge in [0.2, 0.25) is 0 Å². The summed E-state index contributed by atoms with van der Waals surface area (Å²) in [5, 5.41) is 16.2. The van der Waals surface area contributed by atoms with Crippen molar-refractivity contribution in [3.05, 3.63) is 153 Å². The number of amides is 3. The number of carbonyl (C=O) groups excluding carboxylic acids is 5. The molecule has 4 heterocycles. The van der Waals surface area contributed by atoms with E-state index in [9.17, 15) is 32.8 Å². The average molecular weight is 834 g/mol. The predicted molar refractivity (Wildman–Crippen MR) is 211 cm³/mol. The Morgan fingerprint density at radius 2 is 1.11 bits per heavy atom. The molecule has 7 aromatic rings. The van der Waals surface area contributed by atoms with Crippen molar-refractivity contribution in [3.63, 3.8) is 0 Å². The van der Waals surface area contributed by atoms with Crippen LogP contribution in [-0.2, 0) is 22.6 Å². The minimum atomic E-state index is -0.666. The number of fused-ring (bicyclic) bond motifs is 2. The number of rotatable bonds is 11. The van der Waals surface area contributed by atoms with Gasteiger partial charge < -0.3 is 25.4 Å². The van der Waals surface area contributed by atoms with Crippen molar-refractivity contribution in [2.24, 2.45) is 0 Å². The van der Waals surface area contributed by atoms with E-state index in [2.05, 4.69) is 50.8 Å². The van der Waals surface area contributed by atoms with Gasteiger partial charge in [-0.25, -0.2) is 28.3 Å². The Morgan fingerprint density at radius 3 is 1.59 bits per heavy atom. The number of hydrogen-bond donors (Lipinski definition) is 3. The molecule has 20 heteroatoms. The Bertz CT molecular complexity index is 2790. The van der Waals surface area contributed by atoms with Gasteiger partial charge in [-0.1, -0.05) is 36.4 Å². The number of carbonyl (C=O) groups is 5. The van der Waals surface area contributed by atoms with E-state index in [-0.39, 0.29) is 59.1 Å². The first kappa shape index (κ1) is 42.6. The van der Waals surface area contributed by atoms with Crippen LogP contribution in [0.3, 0.4) is 0 Å². The minimum absolute atomic E-state index is 0.000247. The molecule has 0 aliphatic rings. The first-order valence-electron chi connectivity index (χ1n) is 18.3. The molecule has 0 spiro atoms. The van der Waals surface area contributed by atoms with Gasteiger partial charge in [0.05, 0.1) is 25.8 Å². The second-order valence-electron chi connectivity index (χ2n) is 13.3. The molecule has 4 aromatic heterocycles. The number of methoxy groups -OCH3 is 2. The predicted octanol–water partition coefficient (Wildman–Crippen LogP) is 4.07.